The highest BCUT2D eigenvalue weighted by molar-refractivity contribution is 6.42. The molecule has 1 amide bonds. The molecule has 1 fully saturated rings. The van der Waals surface area contributed by atoms with Crippen LogP contribution in [0.15, 0.2) is 24.3 Å². The van der Waals surface area contributed by atoms with Crippen molar-refractivity contribution in [3.63, 3.8) is 0 Å². The van der Waals surface area contributed by atoms with E-state index < -0.39 is 0 Å². The maximum absolute atomic E-state index is 12.3. The van der Waals surface area contributed by atoms with Gasteiger partial charge < -0.3 is 9.80 Å². The van der Waals surface area contributed by atoms with Gasteiger partial charge in [-0.3, -0.25) is 4.79 Å². The van der Waals surface area contributed by atoms with Crippen LogP contribution < -0.4 is 0 Å². The summed E-state index contributed by atoms with van der Waals surface area (Å²) in [5.74, 6) is 0.00555. The van der Waals surface area contributed by atoms with Gasteiger partial charge in [0.2, 0.25) is 5.91 Å². The molecule has 0 bridgehead atoms. The number of rotatable bonds is 4. The van der Waals surface area contributed by atoms with Gasteiger partial charge in [0, 0.05) is 32.3 Å². The summed E-state index contributed by atoms with van der Waals surface area (Å²) in [6, 6.07) is 5.71. The minimum absolute atomic E-state index is 0.00555. The van der Waals surface area contributed by atoms with E-state index in [-0.39, 0.29) is 5.91 Å². The van der Waals surface area contributed by atoms with Crippen LogP contribution in [0, 0.1) is 0 Å². The average molecular weight is 341 g/mol. The quantitative estimate of drug-likeness (QED) is 0.774. The van der Waals surface area contributed by atoms with E-state index in [9.17, 15) is 4.79 Å². The van der Waals surface area contributed by atoms with Crippen LogP contribution in [0.2, 0.25) is 10.0 Å². The second-order valence-electron chi connectivity index (χ2n) is 5.59. The zero-order valence-electron chi connectivity index (χ0n) is 13.1. The van der Waals surface area contributed by atoms with Crippen molar-refractivity contribution in [3.8, 4) is 0 Å². The zero-order chi connectivity index (χ0) is 16.1. The Balaban J connectivity index is 1.97. The largest absolute Gasteiger partial charge is 0.339 e. The van der Waals surface area contributed by atoms with E-state index in [1.54, 1.807) is 18.2 Å². The first-order chi connectivity index (χ1) is 10.5. The molecule has 1 aliphatic heterocycles. The first kappa shape index (κ1) is 17.3. The lowest BCUT2D eigenvalue weighted by molar-refractivity contribution is -0.127. The zero-order valence-corrected chi connectivity index (χ0v) is 14.6. The van der Waals surface area contributed by atoms with Crippen LogP contribution in [-0.2, 0) is 4.79 Å². The molecule has 1 aromatic rings. The van der Waals surface area contributed by atoms with Gasteiger partial charge in [-0.15, -0.1) is 0 Å². The standard InChI is InChI=1S/C17H22Cl2N2O/c1-3-21-11-9-14(10-12-21)20(2)16(22)8-7-13-5-4-6-15(18)17(13)19/h4-8,14H,3,9-12H2,1-2H3/b8-7+. The van der Waals surface area contributed by atoms with Gasteiger partial charge in [0.1, 0.15) is 0 Å². The summed E-state index contributed by atoms with van der Waals surface area (Å²) >= 11 is 12.1. The Kier molecular flexibility index (Phi) is 6.30. The van der Waals surface area contributed by atoms with Crippen LogP contribution >= 0.6 is 23.2 Å². The lowest BCUT2D eigenvalue weighted by Crippen LogP contribution is -2.45. The molecule has 1 heterocycles. The van der Waals surface area contributed by atoms with Crippen molar-refractivity contribution in [2.24, 2.45) is 0 Å². The molecular formula is C17H22Cl2N2O. The number of likely N-dealkylation sites (tertiary alicyclic amines) is 1. The van der Waals surface area contributed by atoms with Gasteiger partial charge in [-0.2, -0.15) is 0 Å². The van der Waals surface area contributed by atoms with Gasteiger partial charge >= 0.3 is 0 Å². The molecular weight excluding hydrogens is 319 g/mol. The lowest BCUT2D eigenvalue weighted by atomic mass is 10.0. The summed E-state index contributed by atoms with van der Waals surface area (Å²) in [5, 5.41) is 0.976. The Morgan fingerprint density at radius 1 is 1.36 bits per heavy atom. The fourth-order valence-electron chi connectivity index (χ4n) is 2.73. The van der Waals surface area contributed by atoms with E-state index in [1.165, 1.54) is 0 Å². The van der Waals surface area contributed by atoms with Gasteiger partial charge in [0.25, 0.3) is 0 Å². The summed E-state index contributed by atoms with van der Waals surface area (Å²) < 4.78 is 0. The maximum Gasteiger partial charge on any atom is 0.246 e. The van der Waals surface area contributed by atoms with E-state index in [4.69, 9.17) is 23.2 Å². The van der Waals surface area contributed by atoms with Crippen LogP contribution in [0.3, 0.4) is 0 Å². The number of benzene rings is 1. The third-order valence-electron chi connectivity index (χ3n) is 4.29. The Bertz CT molecular complexity index is 552. The maximum atomic E-state index is 12.3. The molecule has 0 N–H and O–H groups in total. The smallest absolute Gasteiger partial charge is 0.246 e. The van der Waals surface area contributed by atoms with E-state index in [2.05, 4.69) is 11.8 Å². The molecule has 1 aliphatic rings. The van der Waals surface area contributed by atoms with Gasteiger partial charge in [0.05, 0.1) is 10.0 Å². The minimum Gasteiger partial charge on any atom is -0.339 e. The Morgan fingerprint density at radius 3 is 2.68 bits per heavy atom. The summed E-state index contributed by atoms with van der Waals surface area (Å²) in [5.41, 5.74) is 0.761. The number of carbonyl (C=O) groups is 1. The minimum atomic E-state index is 0.00555. The summed E-state index contributed by atoms with van der Waals surface area (Å²) in [7, 11) is 1.87. The van der Waals surface area contributed by atoms with E-state index in [1.807, 2.05) is 24.1 Å². The van der Waals surface area contributed by atoms with Crippen LogP contribution in [0.4, 0.5) is 0 Å². The second-order valence-corrected chi connectivity index (χ2v) is 6.38. The summed E-state index contributed by atoms with van der Waals surface area (Å²) in [6.45, 7) is 5.37. The molecule has 0 unspecified atom stereocenters. The number of carbonyl (C=O) groups excluding carboxylic acids is 1. The first-order valence-electron chi connectivity index (χ1n) is 7.64. The number of piperidine rings is 1. The Labute approximate surface area is 142 Å². The van der Waals surface area contributed by atoms with Gasteiger partial charge in [-0.25, -0.2) is 0 Å². The SMILES string of the molecule is CCN1CCC(N(C)C(=O)/C=C/c2cccc(Cl)c2Cl)CC1. The van der Waals surface area contributed by atoms with Gasteiger partial charge in [0.15, 0.2) is 0 Å². The summed E-state index contributed by atoms with van der Waals surface area (Å²) in [4.78, 5) is 16.6. The molecule has 0 spiro atoms. The van der Waals surface area contributed by atoms with Crippen molar-refractivity contribution in [3.05, 3.63) is 39.9 Å². The number of halogens is 2. The van der Waals surface area contributed by atoms with Gasteiger partial charge in [-0.05, 0) is 37.1 Å². The molecule has 0 radical (unpaired) electrons. The predicted molar refractivity (Wildman–Crippen MR) is 93.4 cm³/mol. The normalized spacial score (nSPS) is 17.1. The van der Waals surface area contributed by atoms with Crippen LogP contribution in [-0.4, -0.2) is 48.4 Å². The Hall–Kier alpha value is -1.03. The van der Waals surface area contributed by atoms with Crippen molar-refractivity contribution in [2.75, 3.05) is 26.7 Å². The summed E-state index contributed by atoms with van der Waals surface area (Å²) in [6.07, 6.45) is 5.36. The third-order valence-corrected chi connectivity index (χ3v) is 5.12. The second kappa shape index (κ2) is 8.00. The van der Waals surface area contributed by atoms with Gasteiger partial charge in [-0.1, -0.05) is 42.3 Å². The number of amides is 1. The first-order valence-corrected chi connectivity index (χ1v) is 8.39. The molecule has 0 saturated carbocycles. The highest BCUT2D eigenvalue weighted by Crippen LogP contribution is 2.26. The number of likely N-dealkylation sites (N-methyl/N-ethyl adjacent to an activating group) is 1. The molecule has 1 saturated heterocycles. The van der Waals surface area contributed by atoms with Crippen LogP contribution in [0.25, 0.3) is 6.08 Å². The van der Waals surface area contributed by atoms with E-state index >= 15 is 0 Å². The fraction of sp³-hybridized carbons (Fsp3) is 0.471. The van der Waals surface area contributed by atoms with Crippen molar-refractivity contribution in [1.82, 2.24) is 9.80 Å². The average Bonchev–Trinajstić information content (AvgIpc) is 2.55. The third kappa shape index (κ3) is 4.25. The number of hydrogen-bond donors (Lipinski definition) is 0. The van der Waals surface area contributed by atoms with Crippen molar-refractivity contribution in [1.29, 1.82) is 0 Å². The lowest BCUT2D eigenvalue weighted by Gasteiger charge is -2.35. The molecule has 0 aliphatic carbocycles. The molecule has 5 heteroatoms. The van der Waals surface area contributed by atoms with Crippen molar-refractivity contribution < 1.29 is 4.79 Å². The number of hydrogen-bond acceptors (Lipinski definition) is 2. The molecule has 22 heavy (non-hydrogen) atoms. The van der Waals surface area contributed by atoms with E-state index in [0.717, 1.165) is 38.0 Å². The monoisotopic (exact) mass is 340 g/mol. The highest BCUT2D eigenvalue weighted by atomic mass is 35.5. The molecule has 2 rings (SSSR count). The highest BCUT2D eigenvalue weighted by Gasteiger charge is 2.23. The molecule has 120 valence electrons. The predicted octanol–water partition coefficient (Wildman–Crippen LogP) is 3.95. The van der Waals surface area contributed by atoms with Crippen LogP contribution in [0.5, 0.6) is 0 Å². The van der Waals surface area contributed by atoms with Crippen molar-refractivity contribution in [2.45, 2.75) is 25.8 Å². The topological polar surface area (TPSA) is 23.6 Å². The molecule has 3 nitrogen and oxygen atoms in total. The van der Waals surface area contributed by atoms with Crippen molar-refractivity contribution >= 4 is 35.2 Å². The molecule has 0 aromatic heterocycles. The van der Waals surface area contributed by atoms with E-state index in [0.29, 0.717) is 16.1 Å². The van der Waals surface area contributed by atoms with Crippen LogP contribution in [0.1, 0.15) is 25.3 Å². The molecule has 0 atom stereocenters. The molecule has 1 aromatic carbocycles. The Morgan fingerprint density at radius 2 is 2.05 bits per heavy atom. The number of nitrogens with zero attached hydrogens (tertiary/aromatic N) is 2. The fourth-order valence-corrected chi connectivity index (χ4v) is 3.10.